The minimum Gasteiger partial charge on any atom is -0.350 e. The number of aryl methyl sites for hydroxylation is 2. The lowest BCUT2D eigenvalue weighted by Gasteiger charge is -2.28. The molecule has 1 N–H and O–H groups in total. The molecule has 0 atom stereocenters. The molecule has 0 amide bonds. The molecule has 116 valence electrons. The Labute approximate surface area is 129 Å². The van der Waals surface area contributed by atoms with Gasteiger partial charge in [0.25, 0.3) is 0 Å². The Kier molecular flexibility index (Phi) is 4.21. The largest absolute Gasteiger partial charge is 0.350 e. The van der Waals surface area contributed by atoms with Gasteiger partial charge in [-0.1, -0.05) is 26.0 Å². The first-order chi connectivity index (χ1) is 9.60. The molecule has 1 aromatic carbocycles. The SMILES string of the molecule is Cc1ccc2c(C(C)(C)CCNC(C)(C)C)cn(C)c2c1. The van der Waals surface area contributed by atoms with Crippen LogP contribution < -0.4 is 5.32 Å². The Bertz CT molecular complexity index is 627. The highest BCUT2D eigenvalue weighted by molar-refractivity contribution is 5.85. The number of aromatic nitrogens is 1. The van der Waals surface area contributed by atoms with Crippen LogP contribution in [-0.2, 0) is 12.5 Å². The molecule has 2 heteroatoms. The zero-order valence-electron chi connectivity index (χ0n) is 14.7. The number of fused-ring (bicyclic) bond motifs is 1. The van der Waals surface area contributed by atoms with Gasteiger partial charge in [-0.25, -0.2) is 0 Å². The van der Waals surface area contributed by atoms with Crippen LogP contribution in [0, 0.1) is 6.92 Å². The van der Waals surface area contributed by atoms with E-state index in [1.54, 1.807) is 0 Å². The zero-order chi connectivity index (χ0) is 15.8. The molecule has 2 aromatic rings. The Balaban J connectivity index is 2.28. The van der Waals surface area contributed by atoms with Crippen LogP contribution in [0.2, 0.25) is 0 Å². The summed E-state index contributed by atoms with van der Waals surface area (Å²) in [5, 5.41) is 5.00. The highest BCUT2D eigenvalue weighted by Gasteiger charge is 2.25. The molecule has 21 heavy (non-hydrogen) atoms. The van der Waals surface area contributed by atoms with Crippen LogP contribution in [0.4, 0.5) is 0 Å². The van der Waals surface area contributed by atoms with E-state index < -0.39 is 0 Å². The molecule has 0 saturated carbocycles. The molecule has 0 radical (unpaired) electrons. The van der Waals surface area contributed by atoms with Crippen molar-refractivity contribution in [2.24, 2.45) is 7.05 Å². The summed E-state index contributed by atoms with van der Waals surface area (Å²) >= 11 is 0. The minimum absolute atomic E-state index is 0.174. The number of hydrogen-bond acceptors (Lipinski definition) is 1. The smallest absolute Gasteiger partial charge is 0.0483 e. The normalized spacial score (nSPS) is 13.1. The summed E-state index contributed by atoms with van der Waals surface area (Å²) in [5.41, 5.74) is 4.47. The van der Waals surface area contributed by atoms with Gasteiger partial charge < -0.3 is 9.88 Å². The molecule has 0 bridgehead atoms. The molecular weight excluding hydrogens is 256 g/mol. The molecule has 0 aliphatic carbocycles. The molecular formula is C19H30N2. The van der Waals surface area contributed by atoms with Gasteiger partial charge in [-0.05, 0) is 63.3 Å². The quantitative estimate of drug-likeness (QED) is 0.873. The van der Waals surface area contributed by atoms with Crippen LogP contribution in [0.25, 0.3) is 10.9 Å². The third-order valence-electron chi connectivity index (χ3n) is 4.28. The first-order valence-electron chi connectivity index (χ1n) is 7.91. The summed E-state index contributed by atoms with van der Waals surface area (Å²) in [6, 6.07) is 6.77. The lowest BCUT2D eigenvalue weighted by atomic mass is 9.81. The predicted octanol–water partition coefficient (Wildman–Crippen LogP) is 4.54. The fourth-order valence-corrected chi connectivity index (χ4v) is 2.92. The topological polar surface area (TPSA) is 17.0 Å². The van der Waals surface area contributed by atoms with Gasteiger partial charge in [0.2, 0.25) is 0 Å². The van der Waals surface area contributed by atoms with Gasteiger partial charge in [0.1, 0.15) is 0 Å². The maximum absolute atomic E-state index is 3.60. The molecule has 1 heterocycles. The van der Waals surface area contributed by atoms with E-state index in [4.69, 9.17) is 0 Å². The average molecular weight is 286 g/mol. The van der Waals surface area contributed by atoms with Crippen LogP contribution in [-0.4, -0.2) is 16.7 Å². The van der Waals surface area contributed by atoms with Crippen LogP contribution in [0.1, 0.15) is 52.2 Å². The van der Waals surface area contributed by atoms with Crippen molar-refractivity contribution in [3.8, 4) is 0 Å². The first-order valence-corrected chi connectivity index (χ1v) is 7.91. The molecule has 0 unspecified atom stereocenters. The molecule has 2 nitrogen and oxygen atoms in total. The van der Waals surface area contributed by atoms with E-state index in [0.717, 1.165) is 13.0 Å². The number of rotatable bonds is 4. The predicted molar refractivity (Wildman–Crippen MR) is 93.1 cm³/mol. The summed E-state index contributed by atoms with van der Waals surface area (Å²) < 4.78 is 2.26. The van der Waals surface area contributed by atoms with Gasteiger partial charge in [-0.3, -0.25) is 0 Å². The lowest BCUT2D eigenvalue weighted by Crippen LogP contribution is -2.38. The highest BCUT2D eigenvalue weighted by atomic mass is 14.9. The highest BCUT2D eigenvalue weighted by Crippen LogP contribution is 2.34. The van der Waals surface area contributed by atoms with Crippen LogP contribution in [0.15, 0.2) is 24.4 Å². The van der Waals surface area contributed by atoms with Gasteiger partial charge >= 0.3 is 0 Å². The van der Waals surface area contributed by atoms with Crippen molar-refractivity contribution >= 4 is 10.9 Å². The molecule has 0 aliphatic rings. The van der Waals surface area contributed by atoms with Crippen molar-refractivity contribution < 1.29 is 0 Å². The van der Waals surface area contributed by atoms with E-state index in [1.165, 1.54) is 22.0 Å². The standard InChI is InChI=1S/C19H30N2/c1-14-8-9-15-16(13-21(7)17(15)12-14)19(5,6)10-11-20-18(2,3)4/h8-9,12-13,20H,10-11H2,1-7H3. The summed E-state index contributed by atoms with van der Waals surface area (Å²) in [4.78, 5) is 0. The number of nitrogens with one attached hydrogen (secondary N) is 1. The van der Waals surface area contributed by atoms with Gasteiger partial charge in [-0.15, -0.1) is 0 Å². The van der Waals surface area contributed by atoms with Crippen molar-refractivity contribution in [1.82, 2.24) is 9.88 Å². The second-order valence-electron chi connectivity index (χ2n) is 7.98. The van der Waals surface area contributed by atoms with Gasteiger partial charge in [0, 0.05) is 29.7 Å². The third-order valence-corrected chi connectivity index (χ3v) is 4.28. The van der Waals surface area contributed by atoms with Gasteiger partial charge in [0.05, 0.1) is 0 Å². The van der Waals surface area contributed by atoms with Crippen LogP contribution in [0.5, 0.6) is 0 Å². The van der Waals surface area contributed by atoms with E-state index in [9.17, 15) is 0 Å². The Morgan fingerprint density at radius 1 is 1.10 bits per heavy atom. The third kappa shape index (κ3) is 3.68. The van der Waals surface area contributed by atoms with E-state index >= 15 is 0 Å². The second kappa shape index (κ2) is 5.49. The average Bonchev–Trinajstić information content (AvgIpc) is 2.65. The van der Waals surface area contributed by atoms with E-state index in [0.29, 0.717) is 0 Å². The van der Waals surface area contributed by atoms with Crippen molar-refractivity contribution in [3.63, 3.8) is 0 Å². The fraction of sp³-hybridized carbons (Fsp3) is 0.579. The maximum Gasteiger partial charge on any atom is 0.0483 e. The number of nitrogens with zero attached hydrogens (tertiary/aromatic N) is 1. The summed E-state index contributed by atoms with van der Waals surface area (Å²) in [6.07, 6.45) is 3.44. The Hall–Kier alpha value is -1.28. The van der Waals surface area contributed by atoms with Crippen molar-refractivity contribution in [2.45, 2.75) is 58.9 Å². The molecule has 0 fully saturated rings. The monoisotopic (exact) mass is 286 g/mol. The second-order valence-corrected chi connectivity index (χ2v) is 7.98. The van der Waals surface area contributed by atoms with Crippen LogP contribution >= 0.6 is 0 Å². The van der Waals surface area contributed by atoms with Crippen molar-refractivity contribution in [2.75, 3.05) is 6.54 Å². The summed E-state index contributed by atoms with van der Waals surface area (Å²) in [7, 11) is 2.15. The fourth-order valence-electron chi connectivity index (χ4n) is 2.92. The van der Waals surface area contributed by atoms with Crippen LogP contribution in [0.3, 0.4) is 0 Å². The first kappa shape index (κ1) is 16.1. The Morgan fingerprint density at radius 2 is 1.76 bits per heavy atom. The molecule has 0 spiro atoms. The molecule has 0 aliphatic heterocycles. The van der Waals surface area contributed by atoms with Gasteiger partial charge in [0.15, 0.2) is 0 Å². The Morgan fingerprint density at radius 3 is 2.38 bits per heavy atom. The molecule has 1 aromatic heterocycles. The molecule has 2 rings (SSSR count). The van der Waals surface area contributed by atoms with E-state index in [1.807, 2.05) is 0 Å². The summed E-state index contributed by atoms with van der Waals surface area (Å²) in [5.74, 6) is 0. The van der Waals surface area contributed by atoms with Crippen molar-refractivity contribution in [1.29, 1.82) is 0 Å². The number of hydrogen-bond donors (Lipinski definition) is 1. The van der Waals surface area contributed by atoms with E-state index in [-0.39, 0.29) is 11.0 Å². The maximum atomic E-state index is 3.60. The molecule has 0 saturated heterocycles. The number of benzene rings is 1. The lowest BCUT2D eigenvalue weighted by molar-refractivity contribution is 0.380. The zero-order valence-corrected chi connectivity index (χ0v) is 14.7. The van der Waals surface area contributed by atoms with E-state index in [2.05, 4.69) is 82.9 Å². The van der Waals surface area contributed by atoms with Crippen molar-refractivity contribution in [3.05, 3.63) is 35.5 Å². The van der Waals surface area contributed by atoms with Gasteiger partial charge in [-0.2, -0.15) is 0 Å². The summed E-state index contributed by atoms with van der Waals surface area (Å²) in [6.45, 7) is 14.6. The minimum atomic E-state index is 0.174.